The zero-order chi connectivity index (χ0) is 31.7. The molecule has 9 nitrogen and oxygen atoms in total. The molecule has 3 atom stereocenters. The number of aromatic nitrogens is 1. The van der Waals surface area contributed by atoms with Crippen molar-refractivity contribution in [3.63, 3.8) is 0 Å². The van der Waals surface area contributed by atoms with Gasteiger partial charge in [0.1, 0.15) is 11.7 Å². The summed E-state index contributed by atoms with van der Waals surface area (Å²) in [7, 11) is 0. The molecule has 1 aromatic heterocycles. The molecule has 3 unspecified atom stereocenters. The number of alkyl halides is 3. The molecule has 1 aliphatic rings. The van der Waals surface area contributed by atoms with E-state index in [1.165, 1.54) is 42.5 Å². The second-order valence-electron chi connectivity index (χ2n) is 10.3. The van der Waals surface area contributed by atoms with E-state index < -0.39 is 41.6 Å². The van der Waals surface area contributed by atoms with E-state index >= 15 is 0 Å². The predicted octanol–water partition coefficient (Wildman–Crippen LogP) is 4.17. The van der Waals surface area contributed by atoms with E-state index in [-0.39, 0.29) is 48.2 Å². The van der Waals surface area contributed by atoms with Crippen molar-refractivity contribution in [3.05, 3.63) is 95.7 Å². The lowest BCUT2D eigenvalue weighted by Gasteiger charge is -2.23. The molecule has 3 aromatic rings. The van der Waals surface area contributed by atoms with Crippen LogP contribution in [0.5, 0.6) is 0 Å². The van der Waals surface area contributed by atoms with E-state index in [4.69, 9.17) is 4.74 Å². The molecule has 12 heteroatoms. The highest BCUT2D eigenvalue weighted by atomic mass is 19.4. The first kappa shape index (κ1) is 32.1. The maximum Gasteiger partial charge on any atom is 0.417 e. The van der Waals surface area contributed by atoms with Crippen molar-refractivity contribution >= 4 is 23.7 Å². The molecule has 232 valence electrons. The number of ether oxygens (including phenoxy) is 1. The highest BCUT2D eigenvalue weighted by molar-refractivity contribution is 5.97. The fraction of sp³-hybridized carbons (Fsp3) is 0.312. The molecule has 0 bridgehead atoms. The largest absolute Gasteiger partial charge is 0.463 e. The molecule has 1 aliphatic heterocycles. The van der Waals surface area contributed by atoms with Crippen LogP contribution in [0.3, 0.4) is 0 Å². The van der Waals surface area contributed by atoms with Crippen LogP contribution in [0.1, 0.15) is 41.4 Å². The Morgan fingerprint density at radius 1 is 1.02 bits per heavy atom. The van der Waals surface area contributed by atoms with E-state index in [9.17, 15) is 32.3 Å². The second-order valence-corrected chi connectivity index (χ2v) is 10.3. The van der Waals surface area contributed by atoms with Gasteiger partial charge < -0.3 is 25.7 Å². The van der Waals surface area contributed by atoms with Crippen LogP contribution in [-0.4, -0.2) is 53.9 Å². The summed E-state index contributed by atoms with van der Waals surface area (Å²) in [4.78, 5) is 53.9. The van der Waals surface area contributed by atoms with E-state index in [2.05, 4.69) is 20.9 Å². The molecule has 0 saturated carbocycles. The minimum atomic E-state index is -4.60. The number of hydrogen-bond acceptors (Lipinski definition) is 5. The van der Waals surface area contributed by atoms with Gasteiger partial charge in [-0.05, 0) is 43.5 Å². The Bertz CT molecular complexity index is 1500. The molecule has 0 spiro atoms. The third-order valence-electron chi connectivity index (χ3n) is 7.14. The first-order chi connectivity index (χ1) is 21.0. The summed E-state index contributed by atoms with van der Waals surface area (Å²) in [6, 6.07) is 14.8. The molecule has 44 heavy (non-hydrogen) atoms. The summed E-state index contributed by atoms with van der Waals surface area (Å²) in [6.45, 7) is 2.33. The fourth-order valence-corrected chi connectivity index (χ4v) is 4.98. The second kappa shape index (κ2) is 14.5. The first-order valence-electron chi connectivity index (χ1n) is 14.2. The standard InChI is InChI=1S/C32H33F3N4O5/c1-2-44-28(40)15-12-22(19-21-16-17-36-29(21)41)37-31(43)27(18-20-8-4-3-5-9-20)39-30(42)26-14-13-25(38-26)23-10-6-7-11-24(23)32(33,34)35/h3-15,21-22,27,38H,2,16-19H2,1H3,(H,36,41)(H,37,43)(H,39,42)/b15-12+. The van der Waals surface area contributed by atoms with Gasteiger partial charge in [-0.15, -0.1) is 0 Å². The topological polar surface area (TPSA) is 129 Å². The number of hydrogen-bond donors (Lipinski definition) is 4. The number of carbonyl (C=O) groups is 4. The van der Waals surface area contributed by atoms with Gasteiger partial charge in [-0.2, -0.15) is 13.2 Å². The van der Waals surface area contributed by atoms with Crippen molar-refractivity contribution in [1.82, 2.24) is 20.9 Å². The molecular weight excluding hydrogens is 577 g/mol. The van der Waals surface area contributed by atoms with Gasteiger partial charge in [0.25, 0.3) is 5.91 Å². The van der Waals surface area contributed by atoms with Crippen molar-refractivity contribution in [2.24, 2.45) is 5.92 Å². The summed E-state index contributed by atoms with van der Waals surface area (Å²) in [6.07, 6.45) is -1.07. The van der Waals surface area contributed by atoms with Gasteiger partial charge in [-0.1, -0.05) is 54.6 Å². The van der Waals surface area contributed by atoms with Crippen molar-refractivity contribution in [2.75, 3.05) is 13.2 Å². The van der Waals surface area contributed by atoms with Gasteiger partial charge in [0.05, 0.1) is 12.2 Å². The van der Waals surface area contributed by atoms with Crippen LogP contribution >= 0.6 is 0 Å². The van der Waals surface area contributed by atoms with Gasteiger partial charge in [-0.3, -0.25) is 14.4 Å². The summed E-state index contributed by atoms with van der Waals surface area (Å²) in [5, 5.41) is 8.26. The molecular formula is C32H33F3N4O5. The summed E-state index contributed by atoms with van der Waals surface area (Å²) < 4.78 is 45.6. The van der Waals surface area contributed by atoms with E-state index in [1.807, 2.05) is 0 Å². The number of halogens is 3. The third kappa shape index (κ3) is 8.59. The third-order valence-corrected chi connectivity index (χ3v) is 7.14. The minimum Gasteiger partial charge on any atom is -0.463 e. The number of amides is 3. The van der Waals surface area contributed by atoms with Crippen molar-refractivity contribution in [2.45, 2.75) is 44.4 Å². The lowest BCUT2D eigenvalue weighted by atomic mass is 9.97. The SMILES string of the molecule is CCOC(=O)/C=C/C(CC1CCNC1=O)NC(=O)C(Cc1ccccc1)NC(=O)c1ccc(-c2ccccc2C(F)(F)F)[nH]1. The van der Waals surface area contributed by atoms with Crippen molar-refractivity contribution in [3.8, 4) is 11.3 Å². The van der Waals surface area contributed by atoms with Gasteiger partial charge in [-0.25, -0.2) is 4.79 Å². The molecule has 0 aliphatic carbocycles. The van der Waals surface area contributed by atoms with E-state index in [0.717, 1.165) is 11.6 Å². The average molecular weight is 611 g/mol. The molecule has 1 saturated heterocycles. The molecule has 2 aromatic carbocycles. The zero-order valence-corrected chi connectivity index (χ0v) is 23.9. The lowest BCUT2D eigenvalue weighted by Crippen LogP contribution is -2.51. The van der Waals surface area contributed by atoms with E-state index in [1.54, 1.807) is 37.3 Å². The van der Waals surface area contributed by atoms with Gasteiger partial charge in [0.15, 0.2) is 0 Å². The van der Waals surface area contributed by atoms with Crippen molar-refractivity contribution < 1.29 is 37.1 Å². The van der Waals surface area contributed by atoms with Crippen LogP contribution in [0.4, 0.5) is 13.2 Å². The minimum absolute atomic E-state index is 0.0378. The molecule has 1 fully saturated rings. The van der Waals surface area contributed by atoms with E-state index in [0.29, 0.717) is 13.0 Å². The number of H-pyrrole nitrogens is 1. The number of nitrogens with one attached hydrogen (secondary N) is 4. The molecule has 4 N–H and O–H groups in total. The molecule has 0 radical (unpaired) electrons. The van der Waals surface area contributed by atoms with Crippen molar-refractivity contribution in [1.29, 1.82) is 0 Å². The number of aromatic amines is 1. The predicted molar refractivity (Wildman–Crippen MR) is 156 cm³/mol. The fourth-order valence-electron chi connectivity index (χ4n) is 4.98. The maximum atomic E-state index is 13.6. The zero-order valence-electron chi connectivity index (χ0n) is 23.9. The Morgan fingerprint density at radius 3 is 2.43 bits per heavy atom. The normalized spacial score (nSPS) is 16.3. The van der Waals surface area contributed by atoms with Crippen LogP contribution in [0.2, 0.25) is 0 Å². The molecule has 4 rings (SSSR count). The summed E-state index contributed by atoms with van der Waals surface area (Å²) in [5.74, 6) is -2.42. The smallest absolute Gasteiger partial charge is 0.417 e. The lowest BCUT2D eigenvalue weighted by molar-refractivity contribution is -0.138. The first-order valence-corrected chi connectivity index (χ1v) is 14.2. The maximum absolute atomic E-state index is 13.6. The quantitative estimate of drug-likeness (QED) is 0.181. The number of benzene rings is 2. The average Bonchev–Trinajstić information content (AvgIpc) is 3.65. The number of rotatable bonds is 12. The van der Waals surface area contributed by atoms with Gasteiger partial charge in [0, 0.05) is 42.3 Å². The van der Waals surface area contributed by atoms with Crippen LogP contribution in [-0.2, 0) is 31.7 Å². The Morgan fingerprint density at radius 2 is 1.75 bits per heavy atom. The summed E-state index contributed by atoms with van der Waals surface area (Å²) in [5.41, 5.74) is -0.179. The highest BCUT2D eigenvalue weighted by Crippen LogP contribution is 2.36. The Kier molecular flexibility index (Phi) is 10.6. The van der Waals surface area contributed by atoms with Gasteiger partial charge >= 0.3 is 12.1 Å². The Hall–Kier alpha value is -4.87. The number of carbonyl (C=O) groups excluding carboxylic acids is 4. The monoisotopic (exact) mass is 610 g/mol. The Labute approximate surface area is 252 Å². The molecule has 3 amide bonds. The van der Waals surface area contributed by atoms with Crippen LogP contribution < -0.4 is 16.0 Å². The molecule has 2 heterocycles. The van der Waals surface area contributed by atoms with Gasteiger partial charge in [0.2, 0.25) is 11.8 Å². The van der Waals surface area contributed by atoms with Crippen LogP contribution in [0.25, 0.3) is 11.3 Å². The highest BCUT2D eigenvalue weighted by Gasteiger charge is 2.34. The number of esters is 1. The Balaban J connectivity index is 1.55. The van der Waals surface area contributed by atoms with Crippen LogP contribution in [0.15, 0.2) is 78.9 Å². The summed E-state index contributed by atoms with van der Waals surface area (Å²) >= 11 is 0. The van der Waals surface area contributed by atoms with Crippen LogP contribution in [0, 0.1) is 5.92 Å².